The van der Waals surface area contributed by atoms with Gasteiger partial charge in [0.1, 0.15) is 0 Å². The normalized spacial score (nSPS) is 20.8. The van der Waals surface area contributed by atoms with Gasteiger partial charge in [-0.1, -0.05) is 42.5 Å². The van der Waals surface area contributed by atoms with Crippen molar-refractivity contribution in [3.05, 3.63) is 64.6 Å². The van der Waals surface area contributed by atoms with Gasteiger partial charge in [0.15, 0.2) is 0 Å². The number of hydrogen-bond acceptors (Lipinski definition) is 3. The van der Waals surface area contributed by atoms with Crippen LogP contribution in [0.3, 0.4) is 0 Å². The summed E-state index contributed by atoms with van der Waals surface area (Å²) >= 11 is 3.50. The highest BCUT2D eigenvalue weighted by atomic mass is 79.9. The molecule has 2 fully saturated rings. The van der Waals surface area contributed by atoms with Crippen LogP contribution in [0.1, 0.15) is 24.8 Å². The fourth-order valence-electron chi connectivity index (χ4n) is 4.18. The van der Waals surface area contributed by atoms with Crippen LogP contribution in [0.5, 0.6) is 0 Å². The van der Waals surface area contributed by atoms with E-state index in [9.17, 15) is 9.59 Å². The predicted octanol–water partition coefficient (Wildman–Crippen LogP) is 3.58. The Bertz CT molecular complexity index is 865. The molecule has 2 aromatic carbocycles. The zero-order chi connectivity index (χ0) is 20.2. The summed E-state index contributed by atoms with van der Waals surface area (Å²) in [5.74, 6) is -0.263. The Morgan fingerprint density at radius 1 is 1.03 bits per heavy atom. The van der Waals surface area contributed by atoms with Crippen LogP contribution in [0.4, 0.5) is 5.69 Å². The second-order valence-electron chi connectivity index (χ2n) is 7.90. The van der Waals surface area contributed by atoms with Crippen molar-refractivity contribution in [1.82, 2.24) is 10.2 Å². The summed E-state index contributed by atoms with van der Waals surface area (Å²) in [6, 6.07) is 18.3. The van der Waals surface area contributed by atoms with Crippen LogP contribution in [0.2, 0.25) is 0 Å². The molecular formula is C23H26BrN3O2. The zero-order valence-corrected chi connectivity index (χ0v) is 18.0. The van der Waals surface area contributed by atoms with Gasteiger partial charge in [0, 0.05) is 43.1 Å². The molecule has 0 saturated carbocycles. The van der Waals surface area contributed by atoms with Crippen LogP contribution in [0.15, 0.2) is 59.1 Å². The number of likely N-dealkylation sites (tertiary alicyclic amines) is 1. The minimum atomic E-state index is -0.281. The topological polar surface area (TPSA) is 52.7 Å². The van der Waals surface area contributed by atoms with Crippen molar-refractivity contribution in [3.63, 3.8) is 0 Å². The summed E-state index contributed by atoms with van der Waals surface area (Å²) in [5.41, 5.74) is 2.16. The molecule has 1 N–H and O–H groups in total. The number of amides is 2. The van der Waals surface area contributed by atoms with Crippen molar-refractivity contribution < 1.29 is 9.59 Å². The molecule has 2 amide bonds. The maximum atomic E-state index is 12.8. The van der Waals surface area contributed by atoms with E-state index < -0.39 is 0 Å². The van der Waals surface area contributed by atoms with Crippen LogP contribution < -0.4 is 10.2 Å². The van der Waals surface area contributed by atoms with E-state index in [4.69, 9.17) is 0 Å². The predicted molar refractivity (Wildman–Crippen MR) is 117 cm³/mol. The minimum absolute atomic E-state index is 0.00872. The maximum Gasteiger partial charge on any atom is 0.227 e. The van der Waals surface area contributed by atoms with Gasteiger partial charge >= 0.3 is 0 Å². The van der Waals surface area contributed by atoms with Gasteiger partial charge in [-0.3, -0.25) is 14.5 Å². The Hall–Kier alpha value is -2.18. The highest BCUT2D eigenvalue weighted by Crippen LogP contribution is 2.31. The molecule has 0 bridgehead atoms. The summed E-state index contributed by atoms with van der Waals surface area (Å²) in [6.45, 7) is 3.36. The summed E-state index contributed by atoms with van der Waals surface area (Å²) in [5, 5.41) is 3.20. The van der Waals surface area contributed by atoms with Crippen molar-refractivity contribution >= 4 is 33.4 Å². The number of anilines is 1. The van der Waals surface area contributed by atoms with E-state index >= 15 is 0 Å². The van der Waals surface area contributed by atoms with Gasteiger partial charge in [0.05, 0.1) is 11.6 Å². The smallest absolute Gasteiger partial charge is 0.227 e. The zero-order valence-electron chi connectivity index (χ0n) is 16.4. The number of nitrogens with zero attached hydrogens (tertiary/aromatic N) is 2. The summed E-state index contributed by atoms with van der Waals surface area (Å²) in [6.07, 6.45) is 2.18. The van der Waals surface area contributed by atoms with Crippen LogP contribution in [0, 0.1) is 5.92 Å². The molecule has 4 rings (SSSR count). The number of halogens is 1. The Morgan fingerprint density at radius 3 is 2.45 bits per heavy atom. The molecule has 0 unspecified atom stereocenters. The molecule has 1 atom stereocenters. The number of hydrogen-bond donors (Lipinski definition) is 1. The lowest BCUT2D eigenvalue weighted by Crippen LogP contribution is -2.46. The first-order valence-corrected chi connectivity index (χ1v) is 11.0. The Labute approximate surface area is 180 Å². The van der Waals surface area contributed by atoms with Gasteiger partial charge in [0.2, 0.25) is 11.8 Å². The van der Waals surface area contributed by atoms with Crippen molar-refractivity contribution in [2.75, 3.05) is 24.5 Å². The Morgan fingerprint density at radius 2 is 1.72 bits per heavy atom. The van der Waals surface area contributed by atoms with Crippen molar-refractivity contribution in [1.29, 1.82) is 0 Å². The molecule has 5 nitrogen and oxygen atoms in total. The van der Waals surface area contributed by atoms with E-state index in [1.54, 1.807) is 4.90 Å². The number of nitrogens with one attached hydrogen (secondary N) is 1. The number of benzene rings is 2. The number of carbonyl (C=O) groups excluding carboxylic acids is 2. The average Bonchev–Trinajstić information content (AvgIpc) is 3.12. The van der Waals surface area contributed by atoms with E-state index in [0.717, 1.165) is 42.6 Å². The van der Waals surface area contributed by atoms with E-state index in [0.29, 0.717) is 6.54 Å². The third-order valence-corrected chi connectivity index (χ3v) is 6.49. The third kappa shape index (κ3) is 4.87. The molecule has 2 aromatic rings. The number of piperidine rings is 1. The lowest BCUT2D eigenvalue weighted by Gasteiger charge is -2.32. The van der Waals surface area contributed by atoms with Crippen molar-refractivity contribution in [2.24, 2.45) is 5.92 Å². The Balaban J connectivity index is 1.27. The fraction of sp³-hybridized carbons (Fsp3) is 0.391. The van der Waals surface area contributed by atoms with E-state index in [-0.39, 0.29) is 30.2 Å². The van der Waals surface area contributed by atoms with Gasteiger partial charge in [-0.2, -0.15) is 0 Å². The van der Waals surface area contributed by atoms with E-state index in [1.165, 1.54) is 5.56 Å². The molecule has 0 radical (unpaired) electrons. The molecule has 0 spiro atoms. The second kappa shape index (κ2) is 9.09. The minimum Gasteiger partial charge on any atom is -0.353 e. The lowest BCUT2D eigenvalue weighted by molar-refractivity contribution is -0.127. The second-order valence-corrected chi connectivity index (χ2v) is 8.76. The van der Waals surface area contributed by atoms with E-state index in [2.05, 4.69) is 50.4 Å². The van der Waals surface area contributed by atoms with Crippen LogP contribution in [-0.2, 0) is 16.1 Å². The van der Waals surface area contributed by atoms with Crippen molar-refractivity contribution in [2.45, 2.75) is 31.8 Å². The standard InChI is InChI=1S/C23H26BrN3O2/c24-20-8-4-5-9-21(20)27-16-18(14-22(27)28)23(29)25-19-10-12-26(13-11-19)15-17-6-2-1-3-7-17/h1-9,18-19H,10-16H2,(H,25,29)/t18-/m1/s1. The SMILES string of the molecule is O=C(NC1CCN(Cc2ccccc2)CC1)[C@@H]1CC(=O)N(c2ccccc2Br)C1. The molecule has 6 heteroatoms. The van der Waals surface area contributed by atoms with Crippen LogP contribution >= 0.6 is 15.9 Å². The highest BCUT2D eigenvalue weighted by molar-refractivity contribution is 9.10. The lowest BCUT2D eigenvalue weighted by atomic mass is 10.0. The Kier molecular flexibility index (Phi) is 6.31. The number of carbonyl (C=O) groups is 2. The first kappa shape index (κ1) is 20.1. The maximum absolute atomic E-state index is 12.8. The van der Waals surface area contributed by atoms with Crippen molar-refractivity contribution in [3.8, 4) is 0 Å². The molecule has 2 saturated heterocycles. The first-order valence-electron chi connectivity index (χ1n) is 10.2. The molecule has 2 aliphatic heterocycles. The average molecular weight is 456 g/mol. The summed E-state index contributed by atoms with van der Waals surface area (Å²) in [7, 11) is 0. The van der Waals surface area contributed by atoms with Gasteiger partial charge in [-0.25, -0.2) is 0 Å². The number of para-hydroxylation sites is 1. The monoisotopic (exact) mass is 455 g/mol. The summed E-state index contributed by atoms with van der Waals surface area (Å²) in [4.78, 5) is 29.4. The van der Waals surface area contributed by atoms with Gasteiger partial charge in [-0.15, -0.1) is 0 Å². The quantitative estimate of drug-likeness (QED) is 0.749. The van der Waals surface area contributed by atoms with Gasteiger partial charge in [-0.05, 0) is 46.5 Å². The third-order valence-electron chi connectivity index (χ3n) is 5.82. The molecule has 2 heterocycles. The van der Waals surface area contributed by atoms with Gasteiger partial charge in [0.25, 0.3) is 0 Å². The van der Waals surface area contributed by atoms with Gasteiger partial charge < -0.3 is 10.2 Å². The molecule has 29 heavy (non-hydrogen) atoms. The van der Waals surface area contributed by atoms with Crippen LogP contribution in [0.25, 0.3) is 0 Å². The largest absolute Gasteiger partial charge is 0.353 e. The first-order chi connectivity index (χ1) is 14.1. The molecule has 0 aliphatic carbocycles. The summed E-state index contributed by atoms with van der Waals surface area (Å²) < 4.78 is 0.875. The molecular weight excluding hydrogens is 430 g/mol. The highest BCUT2D eigenvalue weighted by Gasteiger charge is 2.36. The van der Waals surface area contributed by atoms with E-state index in [1.807, 2.05) is 30.3 Å². The molecule has 2 aliphatic rings. The number of rotatable bonds is 5. The van der Waals surface area contributed by atoms with Crippen LogP contribution in [-0.4, -0.2) is 42.4 Å². The fourth-order valence-corrected chi connectivity index (χ4v) is 4.68. The molecule has 0 aromatic heterocycles. The molecule has 152 valence electrons.